The molecule has 0 radical (unpaired) electrons. The third-order valence-corrected chi connectivity index (χ3v) is 4.80. The summed E-state index contributed by atoms with van der Waals surface area (Å²) in [6, 6.07) is 22.4. The van der Waals surface area contributed by atoms with Gasteiger partial charge >= 0.3 is 0 Å². The number of benzene rings is 3. The minimum absolute atomic E-state index is 0. The van der Waals surface area contributed by atoms with Gasteiger partial charge in [-0.2, -0.15) is 0 Å². The number of nitrogens with one attached hydrogen (secondary N) is 2. The van der Waals surface area contributed by atoms with E-state index in [2.05, 4.69) is 39.9 Å². The molecule has 0 aliphatic heterocycles. The van der Waals surface area contributed by atoms with Crippen molar-refractivity contribution >= 4 is 40.7 Å². The summed E-state index contributed by atoms with van der Waals surface area (Å²) in [4.78, 5) is 4.28. The fourth-order valence-corrected chi connectivity index (χ4v) is 3.15. The summed E-state index contributed by atoms with van der Waals surface area (Å²) in [6.45, 7) is 1.36. The topological polar surface area (TPSA) is 65.9 Å². The van der Waals surface area contributed by atoms with Crippen molar-refractivity contribution in [2.75, 3.05) is 27.3 Å². The molecule has 0 bridgehead atoms. The highest BCUT2D eigenvalue weighted by atomic mass is 127. The number of aliphatic hydroxyl groups is 1. The minimum atomic E-state index is 0. The van der Waals surface area contributed by atoms with E-state index >= 15 is 0 Å². The fraction of sp³-hybridized carbons (Fsp3) is 0.261. The average Bonchev–Trinajstić information content (AvgIpc) is 2.76. The minimum Gasteiger partial charge on any atom is -0.497 e. The maximum absolute atomic E-state index is 9.70. The highest BCUT2D eigenvalue weighted by molar-refractivity contribution is 14.0. The van der Waals surface area contributed by atoms with Gasteiger partial charge in [-0.25, -0.2) is 0 Å². The summed E-state index contributed by atoms with van der Waals surface area (Å²) in [5.74, 6) is 1.60. The Kier molecular flexibility index (Phi) is 9.21. The first-order valence-corrected chi connectivity index (χ1v) is 9.40. The van der Waals surface area contributed by atoms with E-state index in [9.17, 15) is 5.11 Å². The zero-order valence-electron chi connectivity index (χ0n) is 16.8. The van der Waals surface area contributed by atoms with E-state index in [0.29, 0.717) is 19.0 Å². The number of aliphatic imine (C=N–C) groups is 1. The van der Waals surface area contributed by atoms with Crippen molar-refractivity contribution in [1.82, 2.24) is 10.6 Å². The van der Waals surface area contributed by atoms with Crippen LogP contribution >= 0.6 is 24.0 Å². The Labute approximate surface area is 189 Å². The number of aliphatic hydroxyl groups excluding tert-OH is 1. The molecule has 5 nitrogen and oxygen atoms in total. The van der Waals surface area contributed by atoms with Gasteiger partial charge in [0.25, 0.3) is 0 Å². The van der Waals surface area contributed by atoms with Crippen molar-refractivity contribution in [2.24, 2.45) is 4.99 Å². The van der Waals surface area contributed by atoms with E-state index in [1.165, 1.54) is 10.9 Å². The molecule has 1 unspecified atom stereocenters. The van der Waals surface area contributed by atoms with Crippen molar-refractivity contribution in [3.63, 3.8) is 0 Å². The lowest BCUT2D eigenvalue weighted by molar-refractivity contribution is 0.265. The predicted molar refractivity (Wildman–Crippen MR) is 130 cm³/mol. The average molecular weight is 505 g/mol. The number of methoxy groups -OCH3 is 1. The Morgan fingerprint density at radius 2 is 1.72 bits per heavy atom. The van der Waals surface area contributed by atoms with Gasteiger partial charge in [-0.15, -0.1) is 24.0 Å². The van der Waals surface area contributed by atoms with Gasteiger partial charge in [0.05, 0.1) is 13.7 Å². The lowest BCUT2D eigenvalue weighted by atomic mass is 10.0. The summed E-state index contributed by atoms with van der Waals surface area (Å²) in [5, 5.41) is 18.7. The van der Waals surface area contributed by atoms with Gasteiger partial charge in [0.2, 0.25) is 0 Å². The molecule has 0 saturated heterocycles. The summed E-state index contributed by atoms with van der Waals surface area (Å²) >= 11 is 0. The summed E-state index contributed by atoms with van der Waals surface area (Å²) < 4.78 is 5.28. The van der Waals surface area contributed by atoms with Crippen LogP contribution in [0.15, 0.2) is 71.7 Å². The van der Waals surface area contributed by atoms with E-state index in [4.69, 9.17) is 4.74 Å². The van der Waals surface area contributed by atoms with Gasteiger partial charge in [-0.3, -0.25) is 4.99 Å². The maximum Gasteiger partial charge on any atom is 0.191 e. The SMILES string of the molecule is CN=C(NCc1ccc2cc(OC)ccc2c1)NCC(CO)c1ccccc1.I. The van der Waals surface area contributed by atoms with Crippen LogP contribution < -0.4 is 15.4 Å². The number of guanidine groups is 1. The molecule has 0 saturated carbocycles. The van der Waals surface area contributed by atoms with Crippen molar-refractivity contribution in [2.45, 2.75) is 12.5 Å². The van der Waals surface area contributed by atoms with Crippen LogP contribution in [0.3, 0.4) is 0 Å². The second-order valence-electron chi connectivity index (χ2n) is 6.64. The number of hydrogen-bond acceptors (Lipinski definition) is 3. The predicted octanol–water partition coefficient (Wildman–Crippen LogP) is 3.91. The summed E-state index contributed by atoms with van der Waals surface area (Å²) in [7, 11) is 3.43. The first-order valence-electron chi connectivity index (χ1n) is 9.40. The number of halogens is 1. The largest absolute Gasteiger partial charge is 0.497 e. The van der Waals surface area contributed by atoms with Crippen molar-refractivity contribution in [3.8, 4) is 5.75 Å². The number of hydrogen-bond donors (Lipinski definition) is 3. The number of fused-ring (bicyclic) bond motifs is 1. The zero-order chi connectivity index (χ0) is 19.8. The van der Waals surface area contributed by atoms with Gasteiger partial charge in [-0.1, -0.05) is 48.5 Å². The smallest absolute Gasteiger partial charge is 0.191 e. The fourth-order valence-electron chi connectivity index (χ4n) is 3.15. The summed E-state index contributed by atoms with van der Waals surface area (Å²) in [6.07, 6.45) is 0. The molecule has 6 heteroatoms. The molecular weight excluding hydrogens is 477 g/mol. The van der Waals surface area contributed by atoms with Crippen LogP contribution in [0.5, 0.6) is 5.75 Å². The number of nitrogens with zero attached hydrogens (tertiary/aromatic N) is 1. The van der Waals surface area contributed by atoms with Crippen LogP contribution in [0.4, 0.5) is 0 Å². The molecule has 0 heterocycles. The standard InChI is InChI=1S/C23H27N3O2.HI/c1-24-23(26-15-21(16-27)18-6-4-3-5-7-18)25-14-17-8-9-20-13-22(28-2)11-10-19(20)12-17;/h3-13,21,27H,14-16H2,1-2H3,(H2,24,25,26);1H. The van der Waals surface area contributed by atoms with Gasteiger partial charge in [0.1, 0.15) is 5.75 Å². The first-order chi connectivity index (χ1) is 13.7. The molecule has 29 heavy (non-hydrogen) atoms. The molecule has 3 aromatic carbocycles. The molecular formula is C23H28IN3O2. The molecule has 0 aliphatic carbocycles. The van der Waals surface area contributed by atoms with Gasteiger partial charge in [-0.05, 0) is 40.1 Å². The lowest BCUT2D eigenvalue weighted by Crippen LogP contribution is -2.39. The normalized spacial score (nSPS) is 12.2. The van der Waals surface area contributed by atoms with E-state index in [1.807, 2.05) is 42.5 Å². The second kappa shape index (κ2) is 11.6. The van der Waals surface area contributed by atoms with Crippen molar-refractivity contribution < 1.29 is 9.84 Å². The highest BCUT2D eigenvalue weighted by Crippen LogP contribution is 2.21. The van der Waals surface area contributed by atoms with Gasteiger partial charge in [0.15, 0.2) is 5.96 Å². The Hall–Kier alpha value is -2.32. The summed E-state index contributed by atoms with van der Waals surface area (Å²) in [5.41, 5.74) is 2.28. The van der Waals surface area contributed by atoms with Crippen LogP contribution in [0.1, 0.15) is 17.0 Å². The third-order valence-electron chi connectivity index (χ3n) is 4.80. The van der Waals surface area contributed by atoms with Crippen molar-refractivity contribution in [1.29, 1.82) is 0 Å². The molecule has 0 amide bonds. The molecule has 3 rings (SSSR count). The first kappa shape index (κ1) is 23.0. The molecule has 0 aliphatic rings. The molecule has 3 N–H and O–H groups in total. The second-order valence-corrected chi connectivity index (χ2v) is 6.64. The van der Waals surface area contributed by atoms with E-state index < -0.39 is 0 Å². The lowest BCUT2D eigenvalue weighted by Gasteiger charge is -2.18. The highest BCUT2D eigenvalue weighted by Gasteiger charge is 2.10. The molecule has 0 spiro atoms. The Morgan fingerprint density at radius 3 is 2.41 bits per heavy atom. The van der Waals surface area contributed by atoms with E-state index in [-0.39, 0.29) is 36.5 Å². The molecule has 0 fully saturated rings. The molecule has 3 aromatic rings. The van der Waals surface area contributed by atoms with Crippen LogP contribution in [0.25, 0.3) is 10.8 Å². The Morgan fingerprint density at radius 1 is 1.00 bits per heavy atom. The van der Waals surface area contributed by atoms with Crippen LogP contribution in [0, 0.1) is 0 Å². The monoisotopic (exact) mass is 505 g/mol. The van der Waals surface area contributed by atoms with E-state index in [1.54, 1.807) is 14.2 Å². The van der Waals surface area contributed by atoms with Crippen LogP contribution in [0.2, 0.25) is 0 Å². The quantitative estimate of drug-likeness (QED) is 0.259. The molecule has 0 aromatic heterocycles. The van der Waals surface area contributed by atoms with E-state index in [0.717, 1.165) is 16.7 Å². The van der Waals surface area contributed by atoms with Crippen LogP contribution in [-0.4, -0.2) is 38.4 Å². The maximum atomic E-state index is 9.70. The Bertz CT molecular complexity index is 932. The van der Waals surface area contributed by atoms with Gasteiger partial charge in [0, 0.05) is 26.1 Å². The van der Waals surface area contributed by atoms with Crippen molar-refractivity contribution in [3.05, 3.63) is 77.9 Å². The molecule has 1 atom stereocenters. The molecule has 154 valence electrons. The number of rotatable bonds is 7. The van der Waals surface area contributed by atoms with Crippen LogP contribution in [-0.2, 0) is 6.54 Å². The Balaban J connectivity index is 0.00000300. The number of ether oxygens (including phenoxy) is 1. The zero-order valence-corrected chi connectivity index (χ0v) is 19.1. The third kappa shape index (κ3) is 6.33. The van der Waals surface area contributed by atoms with Gasteiger partial charge < -0.3 is 20.5 Å².